The van der Waals surface area contributed by atoms with Crippen molar-refractivity contribution in [2.75, 3.05) is 0 Å². The van der Waals surface area contributed by atoms with E-state index in [1.807, 2.05) is 0 Å². The summed E-state index contributed by atoms with van der Waals surface area (Å²) < 4.78 is 0. The van der Waals surface area contributed by atoms with Crippen molar-refractivity contribution < 1.29 is 9.90 Å². The number of aliphatic hydroxyl groups is 1. The zero-order valence-corrected chi connectivity index (χ0v) is 5.53. The smallest absolute Gasteiger partial charge is 0.340 e. The van der Waals surface area contributed by atoms with Crippen LogP contribution in [-0.2, 0) is 0 Å². The van der Waals surface area contributed by atoms with Crippen molar-refractivity contribution >= 4 is 11.9 Å². The van der Waals surface area contributed by atoms with Crippen LogP contribution in [0.4, 0.5) is 4.79 Å². The molecule has 2 amide bonds. The lowest BCUT2D eigenvalue weighted by Crippen LogP contribution is -2.15. The van der Waals surface area contributed by atoms with Crippen molar-refractivity contribution in [2.24, 2.45) is 16.5 Å². The molecule has 0 aliphatic rings. The van der Waals surface area contributed by atoms with Gasteiger partial charge in [0.2, 0.25) is 0 Å². The number of hydrogen-bond acceptors (Lipinski definition) is 2. The molecule has 10 heavy (non-hydrogen) atoms. The molecule has 0 aromatic carbocycles. The highest BCUT2D eigenvalue weighted by molar-refractivity contribution is 5.99. The van der Waals surface area contributed by atoms with Gasteiger partial charge in [-0.25, -0.2) is 4.79 Å². The highest BCUT2D eigenvalue weighted by Gasteiger charge is 1.90. The molecule has 0 aliphatic carbocycles. The van der Waals surface area contributed by atoms with Gasteiger partial charge in [0.25, 0.3) is 0 Å². The van der Waals surface area contributed by atoms with Gasteiger partial charge in [-0.05, 0) is 6.92 Å². The molecule has 5 N–H and O–H groups in total. The number of aliphatic imine (C=N–C) groups is 1. The van der Waals surface area contributed by atoms with Gasteiger partial charge in [-0.1, -0.05) is 0 Å². The molecule has 0 aromatic rings. The molecule has 0 aliphatic heterocycles. The molecular formula is C5H9N3O2. The predicted octanol–water partition coefficient (Wildman–Crippen LogP) is -0.116. The number of nitrogens with two attached hydrogens (primary N) is 2. The third-order valence-electron chi connectivity index (χ3n) is 0.596. The first-order valence-electron chi connectivity index (χ1n) is 2.53. The van der Waals surface area contributed by atoms with Crippen LogP contribution in [0, 0.1) is 0 Å². The minimum atomic E-state index is -0.880. The fourth-order valence-electron chi connectivity index (χ4n) is 0.374. The van der Waals surface area contributed by atoms with Crippen molar-refractivity contribution in [1.82, 2.24) is 0 Å². The molecule has 0 fully saturated rings. The van der Waals surface area contributed by atoms with Gasteiger partial charge in [0.15, 0.2) is 0 Å². The van der Waals surface area contributed by atoms with E-state index in [1.165, 1.54) is 6.92 Å². The van der Waals surface area contributed by atoms with Crippen molar-refractivity contribution in [3.63, 3.8) is 0 Å². The number of aliphatic hydroxyl groups excluding tert-OH is 1. The van der Waals surface area contributed by atoms with Gasteiger partial charge in [0.05, 0.1) is 5.76 Å². The second-order valence-corrected chi connectivity index (χ2v) is 1.66. The summed E-state index contributed by atoms with van der Waals surface area (Å²) in [7, 11) is 0. The Morgan fingerprint density at radius 1 is 1.60 bits per heavy atom. The second kappa shape index (κ2) is 3.49. The first kappa shape index (κ1) is 8.48. The molecule has 0 unspecified atom stereocenters. The van der Waals surface area contributed by atoms with E-state index in [0.29, 0.717) is 0 Å². The Bertz CT molecular complexity index is 191. The summed E-state index contributed by atoms with van der Waals surface area (Å²) in [5.74, 6) is -0.130. The lowest BCUT2D eigenvalue weighted by atomic mass is 10.4. The molecule has 0 aromatic heterocycles. The standard InChI is InChI=1S/C5H9N3O2/c1-3(9)2-4(6)8-5(7)10/h2,9H,1H3,(H4,6,7,8,10)/b3-2-. The molecule has 5 heteroatoms. The number of rotatable bonds is 1. The molecule has 0 radical (unpaired) electrons. The fraction of sp³-hybridized carbons (Fsp3) is 0.200. The predicted molar refractivity (Wildman–Crippen MR) is 37.6 cm³/mol. The maximum absolute atomic E-state index is 10.0. The molecule has 0 heterocycles. The van der Waals surface area contributed by atoms with Crippen LogP contribution in [0.3, 0.4) is 0 Å². The highest BCUT2D eigenvalue weighted by Crippen LogP contribution is 1.83. The molecule has 56 valence electrons. The number of hydrogen-bond donors (Lipinski definition) is 3. The van der Waals surface area contributed by atoms with E-state index >= 15 is 0 Å². The van der Waals surface area contributed by atoms with Gasteiger partial charge in [0.1, 0.15) is 5.84 Å². The summed E-state index contributed by atoms with van der Waals surface area (Å²) >= 11 is 0. The van der Waals surface area contributed by atoms with Crippen LogP contribution in [0.25, 0.3) is 0 Å². The Morgan fingerprint density at radius 3 is 2.40 bits per heavy atom. The number of urea groups is 1. The second-order valence-electron chi connectivity index (χ2n) is 1.66. The molecule has 0 atom stereocenters. The number of nitrogens with zero attached hydrogens (tertiary/aromatic N) is 1. The van der Waals surface area contributed by atoms with Crippen LogP contribution >= 0.6 is 0 Å². The summed E-state index contributed by atoms with van der Waals surface area (Å²) in [4.78, 5) is 13.1. The zero-order chi connectivity index (χ0) is 8.15. The quantitative estimate of drug-likeness (QED) is 0.271. The van der Waals surface area contributed by atoms with Gasteiger partial charge >= 0.3 is 6.03 Å². The van der Waals surface area contributed by atoms with E-state index < -0.39 is 6.03 Å². The summed E-state index contributed by atoms with van der Waals surface area (Å²) in [6.45, 7) is 1.41. The number of amides is 2. The van der Waals surface area contributed by atoms with E-state index in [1.54, 1.807) is 0 Å². The lowest BCUT2D eigenvalue weighted by Gasteiger charge is -1.89. The van der Waals surface area contributed by atoms with E-state index in [9.17, 15) is 4.79 Å². The molecular weight excluding hydrogens is 134 g/mol. The minimum absolute atomic E-state index is 0.0255. The van der Waals surface area contributed by atoms with Crippen molar-refractivity contribution in [2.45, 2.75) is 6.92 Å². The Morgan fingerprint density at radius 2 is 2.10 bits per heavy atom. The average molecular weight is 143 g/mol. The van der Waals surface area contributed by atoms with Crippen LogP contribution < -0.4 is 11.5 Å². The molecule has 0 bridgehead atoms. The first-order valence-corrected chi connectivity index (χ1v) is 2.53. The first-order chi connectivity index (χ1) is 4.52. The number of amidine groups is 1. The van der Waals surface area contributed by atoms with E-state index in [0.717, 1.165) is 6.08 Å². The summed E-state index contributed by atoms with van der Waals surface area (Å²) in [5, 5.41) is 8.58. The molecule has 0 spiro atoms. The largest absolute Gasteiger partial charge is 0.512 e. The summed E-state index contributed by atoms with van der Waals surface area (Å²) in [6, 6.07) is -0.880. The van der Waals surface area contributed by atoms with Gasteiger partial charge in [-0.3, -0.25) is 0 Å². The van der Waals surface area contributed by atoms with Crippen molar-refractivity contribution in [3.05, 3.63) is 11.8 Å². The van der Waals surface area contributed by atoms with E-state index in [2.05, 4.69) is 10.7 Å². The van der Waals surface area contributed by atoms with Crippen LogP contribution in [0.1, 0.15) is 6.92 Å². The van der Waals surface area contributed by atoms with Crippen LogP contribution in [0.15, 0.2) is 16.8 Å². The molecule has 0 saturated heterocycles. The number of allylic oxidation sites excluding steroid dienone is 1. The SMILES string of the molecule is C/C(O)=C/C(N)=N\C(N)=O. The van der Waals surface area contributed by atoms with Crippen molar-refractivity contribution in [3.8, 4) is 0 Å². The maximum Gasteiger partial charge on any atom is 0.340 e. The number of carbonyl (C=O) groups excluding carboxylic acids is 1. The monoisotopic (exact) mass is 143 g/mol. The van der Waals surface area contributed by atoms with Gasteiger partial charge in [0, 0.05) is 6.08 Å². The number of carbonyl (C=O) groups is 1. The third kappa shape index (κ3) is 4.63. The lowest BCUT2D eigenvalue weighted by molar-refractivity contribution is 0.256. The van der Waals surface area contributed by atoms with E-state index in [-0.39, 0.29) is 11.6 Å². The minimum Gasteiger partial charge on any atom is -0.512 e. The molecule has 0 saturated carbocycles. The third-order valence-corrected chi connectivity index (χ3v) is 0.596. The average Bonchev–Trinajstić information content (AvgIpc) is 1.58. The Kier molecular flexibility index (Phi) is 2.96. The van der Waals surface area contributed by atoms with Gasteiger partial charge in [-0.2, -0.15) is 4.99 Å². The van der Waals surface area contributed by atoms with E-state index in [4.69, 9.17) is 10.8 Å². The topological polar surface area (TPSA) is 102 Å². The summed E-state index contributed by atoms with van der Waals surface area (Å²) in [5.41, 5.74) is 9.74. The Labute approximate surface area is 58.0 Å². The maximum atomic E-state index is 10.0. The molecule has 5 nitrogen and oxygen atoms in total. The Balaban J connectivity index is 4.22. The van der Waals surface area contributed by atoms with Gasteiger partial charge in [-0.15, -0.1) is 0 Å². The normalized spacial score (nSPS) is 13.3. The number of primary amides is 1. The highest BCUT2D eigenvalue weighted by atomic mass is 16.3. The van der Waals surface area contributed by atoms with Crippen LogP contribution in [-0.4, -0.2) is 17.0 Å². The van der Waals surface area contributed by atoms with Gasteiger partial charge < -0.3 is 16.6 Å². The fourth-order valence-corrected chi connectivity index (χ4v) is 0.374. The zero-order valence-electron chi connectivity index (χ0n) is 5.53. The Hall–Kier alpha value is -1.52. The van der Waals surface area contributed by atoms with Crippen LogP contribution in [0.5, 0.6) is 0 Å². The van der Waals surface area contributed by atoms with Crippen LogP contribution in [0.2, 0.25) is 0 Å². The van der Waals surface area contributed by atoms with Crippen molar-refractivity contribution in [1.29, 1.82) is 0 Å². The summed E-state index contributed by atoms with van der Waals surface area (Å²) in [6.07, 6.45) is 1.13. The molecule has 0 rings (SSSR count).